The summed E-state index contributed by atoms with van der Waals surface area (Å²) in [5, 5.41) is 14.4. The lowest BCUT2D eigenvalue weighted by molar-refractivity contribution is 0.663. The lowest BCUT2D eigenvalue weighted by Gasteiger charge is -2.17. The van der Waals surface area contributed by atoms with E-state index in [0.717, 1.165) is 43.9 Å². The Labute approximate surface area is 330 Å². The van der Waals surface area contributed by atoms with E-state index in [-0.39, 0.29) is 0 Å². The van der Waals surface area contributed by atoms with Gasteiger partial charge < -0.3 is 8.83 Å². The van der Waals surface area contributed by atoms with E-state index in [4.69, 9.17) is 8.83 Å². The molecule has 57 heavy (non-hydrogen) atoms. The van der Waals surface area contributed by atoms with Gasteiger partial charge >= 0.3 is 0 Å². The van der Waals surface area contributed by atoms with Crippen molar-refractivity contribution in [2.75, 3.05) is 0 Å². The third-order valence-corrected chi connectivity index (χ3v) is 13.2. The number of fused-ring (bicyclic) bond motifs is 13. The molecule has 0 fully saturated rings. The van der Waals surface area contributed by atoms with Gasteiger partial charge in [-0.15, -0.1) is 11.3 Å². The molecule has 3 heterocycles. The lowest BCUT2D eigenvalue weighted by atomic mass is 9.86. The maximum absolute atomic E-state index is 6.72. The van der Waals surface area contributed by atoms with E-state index in [1.807, 2.05) is 23.5 Å². The van der Waals surface area contributed by atoms with Crippen LogP contribution in [0.3, 0.4) is 0 Å². The third-order valence-electron chi connectivity index (χ3n) is 12.0. The van der Waals surface area contributed by atoms with Gasteiger partial charge in [0.25, 0.3) is 0 Å². The zero-order chi connectivity index (χ0) is 37.2. The van der Waals surface area contributed by atoms with E-state index < -0.39 is 0 Å². The van der Waals surface area contributed by atoms with E-state index in [1.165, 1.54) is 85.9 Å². The molecule has 3 heteroatoms. The fourth-order valence-corrected chi connectivity index (χ4v) is 10.6. The largest absolute Gasteiger partial charge is 0.456 e. The molecule has 0 saturated heterocycles. The first kappa shape index (κ1) is 31.1. The molecule has 0 bridgehead atoms. The lowest BCUT2D eigenvalue weighted by Crippen LogP contribution is -1.90. The second kappa shape index (κ2) is 11.7. The van der Waals surface area contributed by atoms with E-state index in [9.17, 15) is 0 Å². The summed E-state index contributed by atoms with van der Waals surface area (Å²) in [6.45, 7) is 0. The average Bonchev–Trinajstić information content (AvgIpc) is 3.95. The van der Waals surface area contributed by atoms with Crippen LogP contribution in [0.15, 0.2) is 191 Å². The van der Waals surface area contributed by atoms with Crippen LogP contribution in [0.1, 0.15) is 0 Å². The molecular weight excluding hydrogens is 713 g/mol. The first-order valence-electron chi connectivity index (χ1n) is 19.4. The van der Waals surface area contributed by atoms with Crippen LogP contribution in [-0.2, 0) is 0 Å². The van der Waals surface area contributed by atoms with Gasteiger partial charge in [-0.2, -0.15) is 0 Å². The second-order valence-electron chi connectivity index (χ2n) is 15.1. The van der Waals surface area contributed by atoms with E-state index >= 15 is 0 Å². The molecule has 0 aliphatic carbocycles. The summed E-state index contributed by atoms with van der Waals surface area (Å²) in [5.74, 6) is 0. The Morgan fingerprint density at radius 3 is 1.79 bits per heavy atom. The van der Waals surface area contributed by atoms with Crippen molar-refractivity contribution in [3.8, 4) is 33.4 Å². The standard InChI is InChI=1S/C54H30O2S/c1-2-11-31(12-3-1)51-37-14-4-6-16-39(37)52(40-17-7-5-15-38(40)51)34-21-23-36-45-28-33(22-26-49(45)57-50(36)29-34)35-19-10-13-32-27-44-41-24-25-47-53(42-18-8-9-20-46(42)55-47)54(41)56-48(44)30-43(32)35/h1-30H. The predicted octanol–water partition coefficient (Wildman–Crippen LogP) is 16.3. The molecule has 0 amide bonds. The maximum Gasteiger partial charge on any atom is 0.147 e. The Bertz CT molecular complexity index is 3750. The molecule has 10 aromatic carbocycles. The Morgan fingerprint density at radius 2 is 1.00 bits per heavy atom. The van der Waals surface area contributed by atoms with Crippen LogP contribution in [0.25, 0.3) is 130 Å². The van der Waals surface area contributed by atoms with Gasteiger partial charge in [0.1, 0.15) is 22.3 Å². The van der Waals surface area contributed by atoms with Crippen LogP contribution in [-0.4, -0.2) is 0 Å². The van der Waals surface area contributed by atoms with Crippen molar-refractivity contribution in [1.82, 2.24) is 0 Å². The van der Waals surface area contributed by atoms with Crippen molar-refractivity contribution in [2.45, 2.75) is 0 Å². The van der Waals surface area contributed by atoms with Crippen molar-refractivity contribution in [2.24, 2.45) is 0 Å². The summed E-state index contributed by atoms with van der Waals surface area (Å²) < 4.78 is 15.5. The number of hydrogen-bond acceptors (Lipinski definition) is 3. The molecule has 13 aromatic rings. The van der Waals surface area contributed by atoms with Crippen molar-refractivity contribution in [3.05, 3.63) is 182 Å². The Kier molecular flexibility index (Phi) is 6.35. The molecule has 0 aliphatic rings. The van der Waals surface area contributed by atoms with Gasteiger partial charge in [-0.3, -0.25) is 0 Å². The normalized spacial score (nSPS) is 12.2. The van der Waals surface area contributed by atoms with Gasteiger partial charge in [0, 0.05) is 36.3 Å². The van der Waals surface area contributed by atoms with Crippen LogP contribution >= 0.6 is 11.3 Å². The van der Waals surface area contributed by atoms with Gasteiger partial charge in [-0.05, 0) is 114 Å². The van der Waals surface area contributed by atoms with E-state index in [1.54, 1.807) is 0 Å². The third kappa shape index (κ3) is 4.46. The predicted molar refractivity (Wildman–Crippen MR) is 243 cm³/mol. The number of para-hydroxylation sites is 1. The molecule has 3 aromatic heterocycles. The molecule has 13 rings (SSSR count). The van der Waals surface area contributed by atoms with Gasteiger partial charge in [0.05, 0.1) is 5.39 Å². The minimum atomic E-state index is 0.846. The first-order chi connectivity index (χ1) is 28.2. The smallest absolute Gasteiger partial charge is 0.147 e. The van der Waals surface area contributed by atoms with Crippen LogP contribution < -0.4 is 0 Å². The van der Waals surface area contributed by atoms with Gasteiger partial charge in [0.2, 0.25) is 0 Å². The van der Waals surface area contributed by atoms with Crippen molar-refractivity contribution < 1.29 is 8.83 Å². The average molecular weight is 743 g/mol. The van der Waals surface area contributed by atoms with Crippen molar-refractivity contribution in [1.29, 1.82) is 0 Å². The highest BCUT2D eigenvalue weighted by Crippen LogP contribution is 2.47. The van der Waals surface area contributed by atoms with Gasteiger partial charge in [-0.25, -0.2) is 0 Å². The summed E-state index contributed by atoms with van der Waals surface area (Å²) in [5.41, 5.74) is 10.9. The minimum absolute atomic E-state index is 0.846. The molecule has 264 valence electrons. The van der Waals surface area contributed by atoms with Crippen LogP contribution in [0, 0.1) is 0 Å². The number of hydrogen-bond donors (Lipinski definition) is 0. The fourth-order valence-electron chi connectivity index (χ4n) is 9.52. The number of benzene rings is 10. The molecule has 0 aliphatic heterocycles. The highest BCUT2D eigenvalue weighted by Gasteiger charge is 2.20. The quantitative estimate of drug-likeness (QED) is 0.169. The maximum atomic E-state index is 6.72. The zero-order valence-corrected chi connectivity index (χ0v) is 31.4. The SMILES string of the molecule is c1ccc(-c2c3ccccc3c(-c3ccc4c(c3)sc3ccc(-c5cccc6cc7c(cc56)oc5c7ccc6oc7ccccc7c65)cc34)c3ccccc23)cc1. The van der Waals surface area contributed by atoms with Crippen LogP contribution in [0.5, 0.6) is 0 Å². The summed E-state index contributed by atoms with van der Waals surface area (Å²) in [6, 6.07) is 66.2. The summed E-state index contributed by atoms with van der Waals surface area (Å²) in [6.07, 6.45) is 0. The minimum Gasteiger partial charge on any atom is -0.456 e. The van der Waals surface area contributed by atoms with Crippen molar-refractivity contribution >= 4 is 108 Å². The van der Waals surface area contributed by atoms with Crippen LogP contribution in [0.4, 0.5) is 0 Å². The number of thiophene rings is 1. The zero-order valence-electron chi connectivity index (χ0n) is 30.5. The Hall–Kier alpha value is -7.20. The van der Waals surface area contributed by atoms with E-state index in [2.05, 4.69) is 170 Å². The molecule has 0 unspecified atom stereocenters. The summed E-state index contributed by atoms with van der Waals surface area (Å²) in [4.78, 5) is 0. The van der Waals surface area contributed by atoms with Gasteiger partial charge in [0.15, 0.2) is 0 Å². The van der Waals surface area contributed by atoms with Crippen LogP contribution in [0.2, 0.25) is 0 Å². The highest BCUT2D eigenvalue weighted by atomic mass is 32.1. The fraction of sp³-hybridized carbons (Fsp3) is 0. The highest BCUT2D eigenvalue weighted by molar-refractivity contribution is 7.25. The molecule has 0 spiro atoms. The molecule has 0 saturated carbocycles. The monoisotopic (exact) mass is 742 g/mol. The van der Waals surface area contributed by atoms with E-state index in [0.29, 0.717) is 0 Å². The molecule has 0 radical (unpaired) electrons. The second-order valence-corrected chi connectivity index (χ2v) is 16.2. The Balaban J connectivity index is 0.971. The number of rotatable bonds is 3. The molecule has 2 nitrogen and oxygen atoms in total. The first-order valence-corrected chi connectivity index (χ1v) is 20.2. The van der Waals surface area contributed by atoms with Gasteiger partial charge in [-0.1, -0.05) is 133 Å². The number of furan rings is 2. The Morgan fingerprint density at radius 1 is 0.316 bits per heavy atom. The van der Waals surface area contributed by atoms with Crippen molar-refractivity contribution in [3.63, 3.8) is 0 Å². The topological polar surface area (TPSA) is 26.3 Å². The molecule has 0 atom stereocenters. The molecule has 0 N–H and O–H groups in total. The molecular formula is C54H30O2S. The summed E-state index contributed by atoms with van der Waals surface area (Å²) in [7, 11) is 0. The summed E-state index contributed by atoms with van der Waals surface area (Å²) >= 11 is 1.87.